The smallest absolute Gasteiger partial charge is 0.270 e. The van der Waals surface area contributed by atoms with E-state index in [1.807, 2.05) is 12.1 Å². The Bertz CT molecular complexity index is 1100. The van der Waals surface area contributed by atoms with Gasteiger partial charge in [-0.3, -0.25) is 25.0 Å². The van der Waals surface area contributed by atoms with Crippen LogP contribution < -0.4 is 15.4 Å². The zero-order valence-corrected chi connectivity index (χ0v) is 16.8. The Hall–Kier alpha value is -3.86. The topological polar surface area (TPSA) is 136 Å². The minimum atomic E-state index is -0.902. The number of nitro benzene ring substituents is 1. The summed E-state index contributed by atoms with van der Waals surface area (Å²) >= 11 is 1.17. The van der Waals surface area contributed by atoms with Crippen LogP contribution in [0.25, 0.3) is 10.6 Å². The van der Waals surface area contributed by atoms with Crippen molar-refractivity contribution in [2.75, 3.05) is 12.4 Å². The third kappa shape index (κ3) is 4.94. The third-order valence-electron chi connectivity index (χ3n) is 4.03. The molecule has 3 rings (SSSR count). The highest BCUT2D eigenvalue weighted by molar-refractivity contribution is 7.18. The van der Waals surface area contributed by atoms with Crippen molar-refractivity contribution >= 4 is 34.0 Å². The van der Waals surface area contributed by atoms with E-state index in [9.17, 15) is 19.7 Å². The SMILES string of the molecule is COc1cccc(-c2nnc(NC(=O)C(C)NC(=O)c3cccc([N+](=O)[O-])c3)s2)c1. The quantitative estimate of drug-likeness (QED) is 0.437. The summed E-state index contributed by atoms with van der Waals surface area (Å²) in [4.78, 5) is 34.9. The third-order valence-corrected chi connectivity index (χ3v) is 4.92. The Balaban J connectivity index is 1.63. The number of carbonyl (C=O) groups is 2. The number of aromatic nitrogens is 2. The van der Waals surface area contributed by atoms with Crippen LogP contribution in [0.3, 0.4) is 0 Å². The van der Waals surface area contributed by atoms with Gasteiger partial charge in [-0.2, -0.15) is 0 Å². The molecule has 2 amide bonds. The Morgan fingerprint density at radius 2 is 1.93 bits per heavy atom. The molecule has 0 saturated heterocycles. The molecule has 0 aliphatic rings. The van der Waals surface area contributed by atoms with Crippen LogP contribution >= 0.6 is 11.3 Å². The second-order valence-electron chi connectivity index (χ2n) is 6.14. The zero-order chi connectivity index (χ0) is 21.7. The fourth-order valence-corrected chi connectivity index (χ4v) is 3.21. The minimum absolute atomic E-state index is 0.0834. The molecule has 0 spiro atoms. The number of anilines is 1. The molecule has 1 atom stereocenters. The number of non-ortho nitro benzene ring substituents is 1. The first-order chi connectivity index (χ1) is 14.4. The van der Waals surface area contributed by atoms with Crippen LogP contribution in [0.15, 0.2) is 48.5 Å². The molecule has 2 N–H and O–H groups in total. The monoisotopic (exact) mass is 427 g/mol. The number of rotatable bonds is 7. The highest BCUT2D eigenvalue weighted by atomic mass is 32.1. The number of nitrogens with one attached hydrogen (secondary N) is 2. The van der Waals surface area contributed by atoms with Crippen molar-refractivity contribution in [2.24, 2.45) is 0 Å². The van der Waals surface area contributed by atoms with E-state index in [-0.39, 0.29) is 16.4 Å². The van der Waals surface area contributed by atoms with Crippen molar-refractivity contribution in [3.05, 3.63) is 64.2 Å². The summed E-state index contributed by atoms with van der Waals surface area (Å²) in [6.07, 6.45) is 0. The number of hydrogen-bond acceptors (Lipinski definition) is 8. The molecular formula is C19H17N5O5S. The van der Waals surface area contributed by atoms with E-state index < -0.39 is 22.8 Å². The Kier molecular flexibility index (Phi) is 6.32. The van der Waals surface area contributed by atoms with Crippen molar-refractivity contribution < 1.29 is 19.2 Å². The molecule has 154 valence electrons. The molecule has 0 aliphatic carbocycles. The fourth-order valence-electron chi connectivity index (χ4n) is 2.47. The van der Waals surface area contributed by atoms with Crippen molar-refractivity contribution in [3.8, 4) is 16.3 Å². The van der Waals surface area contributed by atoms with Crippen molar-refractivity contribution in [1.29, 1.82) is 0 Å². The van der Waals surface area contributed by atoms with E-state index in [2.05, 4.69) is 20.8 Å². The van der Waals surface area contributed by atoms with Crippen LogP contribution in [0, 0.1) is 10.1 Å². The molecule has 1 unspecified atom stereocenters. The molecule has 0 aliphatic heterocycles. The van der Waals surface area contributed by atoms with Crippen molar-refractivity contribution in [3.63, 3.8) is 0 Å². The van der Waals surface area contributed by atoms with E-state index in [0.29, 0.717) is 10.8 Å². The zero-order valence-electron chi connectivity index (χ0n) is 16.0. The Morgan fingerprint density at radius 3 is 2.67 bits per heavy atom. The Morgan fingerprint density at radius 1 is 1.17 bits per heavy atom. The maximum Gasteiger partial charge on any atom is 0.270 e. The van der Waals surface area contributed by atoms with Crippen molar-refractivity contribution in [2.45, 2.75) is 13.0 Å². The van der Waals surface area contributed by atoms with Crippen LogP contribution in [0.5, 0.6) is 5.75 Å². The predicted molar refractivity (Wildman–Crippen MR) is 111 cm³/mol. The summed E-state index contributed by atoms with van der Waals surface area (Å²) < 4.78 is 5.18. The van der Waals surface area contributed by atoms with Crippen LogP contribution in [0.4, 0.5) is 10.8 Å². The molecule has 30 heavy (non-hydrogen) atoms. The lowest BCUT2D eigenvalue weighted by Crippen LogP contribution is -2.41. The lowest BCUT2D eigenvalue weighted by Gasteiger charge is -2.12. The van der Waals surface area contributed by atoms with E-state index >= 15 is 0 Å². The average molecular weight is 427 g/mol. The normalized spacial score (nSPS) is 11.4. The van der Waals surface area contributed by atoms with E-state index in [0.717, 1.165) is 11.6 Å². The molecular weight excluding hydrogens is 410 g/mol. The van der Waals surface area contributed by atoms with Gasteiger partial charge >= 0.3 is 0 Å². The van der Waals surface area contributed by atoms with E-state index in [1.165, 1.54) is 36.5 Å². The molecule has 0 saturated carbocycles. The molecule has 1 heterocycles. The van der Waals surface area contributed by atoms with Gasteiger partial charge in [-0.25, -0.2) is 0 Å². The molecule has 1 aromatic heterocycles. The van der Waals surface area contributed by atoms with Gasteiger partial charge in [-0.05, 0) is 25.1 Å². The minimum Gasteiger partial charge on any atom is -0.497 e. The van der Waals surface area contributed by atoms with Crippen LogP contribution in [0.1, 0.15) is 17.3 Å². The summed E-state index contributed by atoms with van der Waals surface area (Å²) in [6.45, 7) is 1.49. The number of nitrogens with zero attached hydrogens (tertiary/aromatic N) is 3. The number of amides is 2. The number of hydrogen-bond donors (Lipinski definition) is 2. The van der Waals surface area contributed by atoms with Gasteiger partial charge in [0.2, 0.25) is 11.0 Å². The lowest BCUT2D eigenvalue weighted by atomic mass is 10.1. The van der Waals surface area contributed by atoms with E-state index in [1.54, 1.807) is 19.2 Å². The maximum atomic E-state index is 12.4. The number of carbonyl (C=O) groups excluding carboxylic acids is 2. The van der Waals surface area contributed by atoms with Crippen LogP contribution in [-0.2, 0) is 4.79 Å². The summed E-state index contributed by atoms with van der Waals surface area (Å²) in [5.74, 6) is -0.427. The summed E-state index contributed by atoms with van der Waals surface area (Å²) in [6, 6.07) is 11.6. The maximum absolute atomic E-state index is 12.4. The molecule has 10 nitrogen and oxygen atoms in total. The lowest BCUT2D eigenvalue weighted by molar-refractivity contribution is -0.384. The molecule has 2 aromatic carbocycles. The first-order valence-electron chi connectivity index (χ1n) is 8.71. The number of benzene rings is 2. The summed E-state index contributed by atoms with van der Waals surface area (Å²) in [5.41, 5.74) is 0.665. The summed E-state index contributed by atoms with van der Waals surface area (Å²) in [7, 11) is 1.56. The number of ether oxygens (including phenoxy) is 1. The Labute approximate surface area is 175 Å². The van der Waals surface area contributed by atoms with Crippen molar-refractivity contribution in [1.82, 2.24) is 15.5 Å². The second kappa shape index (κ2) is 9.09. The number of methoxy groups -OCH3 is 1. The van der Waals surface area contributed by atoms with Gasteiger partial charge in [0.15, 0.2) is 0 Å². The average Bonchev–Trinajstić information content (AvgIpc) is 3.22. The van der Waals surface area contributed by atoms with Gasteiger partial charge in [0, 0.05) is 23.3 Å². The van der Waals surface area contributed by atoms with Gasteiger partial charge in [0.25, 0.3) is 11.6 Å². The van der Waals surface area contributed by atoms with Crippen LogP contribution in [0.2, 0.25) is 0 Å². The first-order valence-corrected chi connectivity index (χ1v) is 9.53. The van der Waals surface area contributed by atoms with E-state index in [4.69, 9.17) is 4.74 Å². The van der Waals surface area contributed by atoms with Gasteiger partial charge in [0.1, 0.15) is 16.8 Å². The highest BCUT2D eigenvalue weighted by Crippen LogP contribution is 2.28. The molecule has 0 radical (unpaired) electrons. The molecule has 11 heteroatoms. The first kappa shape index (κ1) is 20.9. The standard InChI is InChI=1S/C19H17N5O5S/c1-11(20-17(26)12-5-3-7-14(9-12)24(27)28)16(25)21-19-23-22-18(30-19)13-6-4-8-15(10-13)29-2/h3-11H,1-2H3,(H,20,26)(H,21,23,25). The molecule has 3 aromatic rings. The highest BCUT2D eigenvalue weighted by Gasteiger charge is 2.20. The van der Waals surface area contributed by atoms with Gasteiger partial charge in [0.05, 0.1) is 12.0 Å². The van der Waals surface area contributed by atoms with Gasteiger partial charge in [-0.1, -0.05) is 29.5 Å². The van der Waals surface area contributed by atoms with Crippen LogP contribution in [-0.4, -0.2) is 40.1 Å². The number of nitro groups is 1. The predicted octanol–water partition coefficient (Wildman–Crippen LogP) is 2.88. The summed E-state index contributed by atoms with van der Waals surface area (Å²) in [5, 5.41) is 24.8. The van der Waals surface area contributed by atoms with Gasteiger partial charge in [-0.15, -0.1) is 10.2 Å². The van der Waals surface area contributed by atoms with Gasteiger partial charge < -0.3 is 10.1 Å². The fraction of sp³-hybridized carbons (Fsp3) is 0.158. The molecule has 0 bridgehead atoms. The largest absolute Gasteiger partial charge is 0.497 e. The second-order valence-corrected chi connectivity index (χ2v) is 7.11. The molecule has 0 fully saturated rings.